The molecular formula is C15H21N5. The highest BCUT2D eigenvalue weighted by molar-refractivity contribution is 5.57. The van der Waals surface area contributed by atoms with Gasteiger partial charge in [0.25, 0.3) is 0 Å². The van der Waals surface area contributed by atoms with Crippen LogP contribution in [-0.2, 0) is 0 Å². The second-order valence-electron chi connectivity index (χ2n) is 5.70. The van der Waals surface area contributed by atoms with E-state index < -0.39 is 0 Å². The lowest BCUT2D eigenvalue weighted by molar-refractivity contribution is 0.589. The topological polar surface area (TPSA) is 44.6 Å². The third kappa shape index (κ3) is 2.17. The Morgan fingerprint density at radius 2 is 2.10 bits per heavy atom. The third-order valence-electron chi connectivity index (χ3n) is 4.36. The van der Waals surface area contributed by atoms with Crippen LogP contribution in [0, 0.1) is 0 Å². The summed E-state index contributed by atoms with van der Waals surface area (Å²) in [5.41, 5.74) is 3.53. The number of pyridine rings is 1. The molecule has 2 aliphatic heterocycles. The van der Waals surface area contributed by atoms with Crippen molar-refractivity contribution >= 4 is 11.3 Å². The Kier molecular flexibility index (Phi) is 3.09. The molecule has 1 atom stereocenters. The van der Waals surface area contributed by atoms with Crippen LogP contribution in [0.15, 0.2) is 24.5 Å². The van der Waals surface area contributed by atoms with Crippen LogP contribution in [0.5, 0.6) is 0 Å². The number of nitrogens with zero attached hydrogens (tertiary/aromatic N) is 3. The first kappa shape index (κ1) is 12.2. The molecule has 2 saturated heterocycles. The summed E-state index contributed by atoms with van der Waals surface area (Å²) >= 11 is 0. The molecule has 5 heteroatoms. The van der Waals surface area contributed by atoms with E-state index in [1.54, 1.807) is 0 Å². The lowest BCUT2D eigenvalue weighted by Crippen LogP contribution is -2.43. The van der Waals surface area contributed by atoms with E-state index in [-0.39, 0.29) is 0 Å². The molecule has 0 radical (unpaired) electrons. The summed E-state index contributed by atoms with van der Waals surface area (Å²) in [5.74, 6) is 0. The summed E-state index contributed by atoms with van der Waals surface area (Å²) in [4.78, 5) is 7.24. The molecule has 2 N–H and O–H groups in total. The second kappa shape index (κ2) is 5.07. The van der Waals surface area contributed by atoms with E-state index in [2.05, 4.69) is 44.5 Å². The highest BCUT2D eigenvalue weighted by Crippen LogP contribution is 2.24. The van der Waals surface area contributed by atoms with E-state index in [0.717, 1.165) is 38.4 Å². The van der Waals surface area contributed by atoms with Crippen molar-refractivity contribution in [1.82, 2.24) is 20.0 Å². The Hall–Kier alpha value is -1.59. The van der Waals surface area contributed by atoms with Gasteiger partial charge in [0.1, 0.15) is 5.65 Å². The number of piperazine rings is 1. The van der Waals surface area contributed by atoms with E-state index in [1.807, 2.05) is 0 Å². The molecule has 0 bridgehead atoms. The van der Waals surface area contributed by atoms with Gasteiger partial charge in [0.05, 0.1) is 11.7 Å². The van der Waals surface area contributed by atoms with Crippen molar-refractivity contribution in [2.45, 2.75) is 18.9 Å². The van der Waals surface area contributed by atoms with Gasteiger partial charge in [-0.2, -0.15) is 0 Å². The molecule has 0 aliphatic carbocycles. The fourth-order valence-electron chi connectivity index (χ4n) is 3.22. The molecule has 2 fully saturated rings. The van der Waals surface area contributed by atoms with Crippen LogP contribution < -0.4 is 15.5 Å². The van der Waals surface area contributed by atoms with Crippen molar-refractivity contribution < 1.29 is 0 Å². The Labute approximate surface area is 119 Å². The molecule has 1 unspecified atom stereocenters. The summed E-state index contributed by atoms with van der Waals surface area (Å²) < 4.78 is 2.14. The lowest BCUT2D eigenvalue weighted by atomic mass is 10.2. The van der Waals surface area contributed by atoms with Gasteiger partial charge in [-0.1, -0.05) is 0 Å². The zero-order chi connectivity index (χ0) is 13.4. The minimum atomic E-state index is 0.442. The summed E-state index contributed by atoms with van der Waals surface area (Å²) in [5, 5.41) is 6.91. The smallest absolute Gasteiger partial charge is 0.139 e. The Bertz CT molecular complexity index is 593. The standard InChI is InChI=1S/C15H21N5/c1-2-13(17-4-1)14-11-20-7-3-12(10-15(20)18-14)19-8-5-16-6-9-19/h3,7,10-11,13,16-17H,1-2,4-6,8-9H2. The number of nitrogens with one attached hydrogen (secondary N) is 2. The van der Waals surface area contributed by atoms with Crippen molar-refractivity contribution in [3.05, 3.63) is 30.2 Å². The molecule has 2 aliphatic rings. The molecule has 106 valence electrons. The second-order valence-corrected chi connectivity index (χ2v) is 5.70. The van der Waals surface area contributed by atoms with Crippen molar-refractivity contribution in [3.8, 4) is 0 Å². The average molecular weight is 271 g/mol. The molecule has 4 rings (SSSR count). The van der Waals surface area contributed by atoms with Crippen LogP contribution in [0.1, 0.15) is 24.6 Å². The molecule has 2 aromatic heterocycles. The first-order chi connectivity index (χ1) is 9.90. The molecule has 2 aromatic rings. The number of rotatable bonds is 2. The first-order valence-corrected chi connectivity index (χ1v) is 7.58. The minimum absolute atomic E-state index is 0.442. The van der Waals surface area contributed by atoms with Crippen LogP contribution in [0.2, 0.25) is 0 Å². The van der Waals surface area contributed by atoms with Crippen molar-refractivity contribution in [2.24, 2.45) is 0 Å². The highest BCUT2D eigenvalue weighted by Gasteiger charge is 2.19. The van der Waals surface area contributed by atoms with E-state index in [0.29, 0.717) is 6.04 Å². The van der Waals surface area contributed by atoms with Gasteiger partial charge in [-0.25, -0.2) is 4.98 Å². The number of hydrogen-bond acceptors (Lipinski definition) is 4. The monoisotopic (exact) mass is 271 g/mol. The largest absolute Gasteiger partial charge is 0.369 e. The van der Waals surface area contributed by atoms with Crippen LogP contribution in [0.25, 0.3) is 5.65 Å². The molecule has 0 aromatic carbocycles. The van der Waals surface area contributed by atoms with E-state index in [9.17, 15) is 0 Å². The first-order valence-electron chi connectivity index (χ1n) is 7.58. The zero-order valence-corrected chi connectivity index (χ0v) is 11.7. The summed E-state index contributed by atoms with van der Waals surface area (Å²) in [6.45, 7) is 5.40. The molecule has 0 saturated carbocycles. The molecule has 4 heterocycles. The van der Waals surface area contributed by atoms with Gasteiger partial charge in [-0.05, 0) is 25.5 Å². The van der Waals surface area contributed by atoms with Gasteiger partial charge in [0.2, 0.25) is 0 Å². The number of aromatic nitrogens is 2. The number of fused-ring (bicyclic) bond motifs is 1. The Morgan fingerprint density at radius 1 is 1.20 bits per heavy atom. The van der Waals surface area contributed by atoms with Crippen molar-refractivity contribution in [1.29, 1.82) is 0 Å². The normalized spacial score (nSPS) is 23.6. The van der Waals surface area contributed by atoms with Crippen LogP contribution >= 0.6 is 0 Å². The van der Waals surface area contributed by atoms with E-state index in [4.69, 9.17) is 4.98 Å². The zero-order valence-electron chi connectivity index (χ0n) is 11.7. The van der Waals surface area contributed by atoms with E-state index >= 15 is 0 Å². The van der Waals surface area contributed by atoms with Gasteiger partial charge in [0.15, 0.2) is 0 Å². The molecule has 20 heavy (non-hydrogen) atoms. The predicted molar refractivity (Wildman–Crippen MR) is 80.3 cm³/mol. The molecule has 5 nitrogen and oxygen atoms in total. The van der Waals surface area contributed by atoms with Crippen molar-refractivity contribution in [2.75, 3.05) is 37.6 Å². The highest BCUT2D eigenvalue weighted by atomic mass is 15.2. The maximum Gasteiger partial charge on any atom is 0.139 e. The van der Waals surface area contributed by atoms with Crippen LogP contribution in [0.4, 0.5) is 5.69 Å². The SMILES string of the molecule is c1cn2cc(C3CCCN3)nc2cc1N1CCNCC1. The van der Waals surface area contributed by atoms with Crippen LogP contribution in [-0.4, -0.2) is 42.1 Å². The quantitative estimate of drug-likeness (QED) is 0.860. The number of anilines is 1. The molecule has 0 spiro atoms. The fourth-order valence-corrected chi connectivity index (χ4v) is 3.22. The summed E-state index contributed by atoms with van der Waals surface area (Å²) in [7, 11) is 0. The van der Waals surface area contributed by atoms with Crippen LogP contribution in [0.3, 0.4) is 0 Å². The summed E-state index contributed by atoms with van der Waals surface area (Å²) in [6.07, 6.45) is 6.76. The Balaban J connectivity index is 1.64. The minimum Gasteiger partial charge on any atom is -0.369 e. The van der Waals surface area contributed by atoms with Crippen molar-refractivity contribution in [3.63, 3.8) is 0 Å². The fraction of sp³-hybridized carbons (Fsp3) is 0.533. The van der Waals surface area contributed by atoms with Gasteiger partial charge < -0.3 is 19.9 Å². The van der Waals surface area contributed by atoms with E-state index in [1.165, 1.54) is 24.2 Å². The van der Waals surface area contributed by atoms with Gasteiger partial charge >= 0.3 is 0 Å². The maximum absolute atomic E-state index is 4.81. The summed E-state index contributed by atoms with van der Waals surface area (Å²) in [6, 6.07) is 4.85. The maximum atomic E-state index is 4.81. The average Bonchev–Trinajstić information content (AvgIpc) is 3.16. The lowest BCUT2D eigenvalue weighted by Gasteiger charge is -2.29. The Morgan fingerprint density at radius 3 is 2.90 bits per heavy atom. The van der Waals surface area contributed by atoms with Gasteiger partial charge in [-0.3, -0.25) is 0 Å². The predicted octanol–water partition coefficient (Wildman–Crippen LogP) is 1.17. The van der Waals surface area contributed by atoms with Gasteiger partial charge in [-0.15, -0.1) is 0 Å². The number of imidazole rings is 1. The van der Waals surface area contributed by atoms with Gasteiger partial charge in [0, 0.05) is 50.3 Å². The molecule has 0 amide bonds. The third-order valence-corrected chi connectivity index (χ3v) is 4.36. The number of hydrogen-bond donors (Lipinski definition) is 2. The molecular weight excluding hydrogens is 250 g/mol.